The fourth-order valence-corrected chi connectivity index (χ4v) is 2.76. The van der Waals surface area contributed by atoms with Crippen molar-refractivity contribution in [3.8, 4) is 5.75 Å². The SMILES string of the molecule is O=C(O)c1cccnc1CNC[C@H](O)c1ccc(O)c2[nH]c(=O)ccc12. The van der Waals surface area contributed by atoms with Crippen LogP contribution in [0.25, 0.3) is 10.9 Å². The number of aliphatic hydroxyl groups excluding tert-OH is 1. The van der Waals surface area contributed by atoms with Crippen LogP contribution in [0.1, 0.15) is 27.7 Å². The summed E-state index contributed by atoms with van der Waals surface area (Å²) < 4.78 is 0. The Balaban J connectivity index is 1.76. The Labute approximate surface area is 147 Å². The number of H-pyrrole nitrogens is 1. The Bertz CT molecular complexity index is 1020. The number of pyridine rings is 2. The second-order valence-corrected chi connectivity index (χ2v) is 5.73. The summed E-state index contributed by atoms with van der Waals surface area (Å²) in [5.41, 5.74) is 0.899. The minimum absolute atomic E-state index is 0.0822. The number of fused-ring (bicyclic) bond motifs is 1. The minimum atomic E-state index is -1.07. The van der Waals surface area contributed by atoms with Crippen LogP contribution in [0.2, 0.25) is 0 Å². The van der Waals surface area contributed by atoms with E-state index in [2.05, 4.69) is 15.3 Å². The average molecular weight is 355 g/mol. The van der Waals surface area contributed by atoms with Crippen LogP contribution in [0.4, 0.5) is 0 Å². The van der Waals surface area contributed by atoms with Crippen molar-refractivity contribution in [3.05, 3.63) is 69.8 Å². The van der Waals surface area contributed by atoms with Gasteiger partial charge in [0, 0.05) is 30.7 Å². The van der Waals surface area contributed by atoms with Gasteiger partial charge in [-0.1, -0.05) is 6.07 Å². The summed E-state index contributed by atoms with van der Waals surface area (Å²) in [4.78, 5) is 29.2. The maximum atomic E-state index is 11.4. The topological polar surface area (TPSA) is 136 Å². The number of rotatable bonds is 6. The summed E-state index contributed by atoms with van der Waals surface area (Å²) in [6.45, 7) is 0.307. The van der Waals surface area contributed by atoms with Crippen molar-refractivity contribution in [2.75, 3.05) is 6.54 Å². The highest BCUT2D eigenvalue weighted by Crippen LogP contribution is 2.28. The third-order valence-corrected chi connectivity index (χ3v) is 4.02. The smallest absolute Gasteiger partial charge is 0.337 e. The third kappa shape index (κ3) is 3.56. The van der Waals surface area contributed by atoms with Gasteiger partial charge >= 0.3 is 5.97 Å². The molecule has 0 saturated heterocycles. The van der Waals surface area contributed by atoms with E-state index in [1.54, 1.807) is 12.1 Å². The number of hydrogen-bond donors (Lipinski definition) is 5. The van der Waals surface area contributed by atoms with Gasteiger partial charge in [0.25, 0.3) is 0 Å². The predicted octanol–water partition coefficient (Wildman–Crippen LogP) is 1.15. The van der Waals surface area contributed by atoms with Crippen LogP contribution in [0.15, 0.2) is 47.4 Å². The molecule has 0 spiro atoms. The Kier molecular flexibility index (Phi) is 4.97. The number of phenolic OH excluding ortho intramolecular Hbond substituents is 1. The highest BCUT2D eigenvalue weighted by molar-refractivity contribution is 5.89. The number of aliphatic hydroxyl groups is 1. The molecule has 0 radical (unpaired) electrons. The zero-order chi connectivity index (χ0) is 18.7. The van der Waals surface area contributed by atoms with Crippen molar-refractivity contribution in [1.82, 2.24) is 15.3 Å². The molecule has 0 aliphatic rings. The van der Waals surface area contributed by atoms with E-state index in [0.717, 1.165) is 0 Å². The van der Waals surface area contributed by atoms with Crippen LogP contribution >= 0.6 is 0 Å². The van der Waals surface area contributed by atoms with Crippen LogP contribution < -0.4 is 10.9 Å². The Morgan fingerprint density at radius 3 is 2.81 bits per heavy atom. The lowest BCUT2D eigenvalue weighted by Crippen LogP contribution is -2.23. The van der Waals surface area contributed by atoms with Crippen molar-refractivity contribution in [2.24, 2.45) is 0 Å². The number of phenols is 1. The van der Waals surface area contributed by atoms with Gasteiger partial charge in [0.05, 0.1) is 22.9 Å². The number of aromatic nitrogens is 2. The van der Waals surface area contributed by atoms with E-state index in [-0.39, 0.29) is 35.5 Å². The Hall–Kier alpha value is -3.23. The molecule has 0 aliphatic carbocycles. The van der Waals surface area contributed by atoms with Crippen LogP contribution in [-0.2, 0) is 6.54 Å². The van der Waals surface area contributed by atoms with Gasteiger partial charge in [-0.15, -0.1) is 0 Å². The summed E-state index contributed by atoms with van der Waals surface area (Å²) in [5, 5.41) is 33.0. The number of nitrogens with one attached hydrogen (secondary N) is 2. The molecule has 1 aromatic carbocycles. The molecule has 134 valence electrons. The zero-order valence-electron chi connectivity index (χ0n) is 13.6. The van der Waals surface area contributed by atoms with Gasteiger partial charge in [-0.2, -0.15) is 0 Å². The molecule has 0 amide bonds. The van der Waals surface area contributed by atoms with Gasteiger partial charge < -0.3 is 25.6 Å². The second-order valence-electron chi connectivity index (χ2n) is 5.73. The second kappa shape index (κ2) is 7.34. The average Bonchev–Trinajstić information content (AvgIpc) is 2.62. The molecule has 2 aromatic heterocycles. The fourth-order valence-electron chi connectivity index (χ4n) is 2.76. The monoisotopic (exact) mass is 355 g/mol. The Morgan fingerprint density at radius 1 is 1.23 bits per heavy atom. The van der Waals surface area contributed by atoms with Crippen LogP contribution in [0.3, 0.4) is 0 Å². The first kappa shape index (κ1) is 17.6. The third-order valence-electron chi connectivity index (χ3n) is 4.02. The molecular weight excluding hydrogens is 338 g/mol. The zero-order valence-corrected chi connectivity index (χ0v) is 13.6. The quantitative estimate of drug-likeness (QED) is 0.447. The molecule has 0 aliphatic heterocycles. The number of nitrogens with zero attached hydrogens (tertiary/aromatic N) is 1. The van der Waals surface area contributed by atoms with E-state index in [1.807, 2.05) is 0 Å². The van der Waals surface area contributed by atoms with Gasteiger partial charge in [-0.25, -0.2) is 4.79 Å². The molecule has 0 unspecified atom stereocenters. The molecule has 0 saturated carbocycles. The first-order valence-corrected chi connectivity index (χ1v) is 7.88. The van der Waals surface area contributed by atoms with Gasteiger partial charge in [0.1, 0.15) is 5.75 Å². The van der Waals surface area contributed by atoms with Gasteiger partial charge in [-0.3, -0.25) is 9.78 Å². The van der Waals surface area contributed by atoms with Crippen molar-refractivity contribution in [2.45, 2.75) is 12.6 Å². The molecule has 0 fully saturated rings. The maximum absolute atomic E-state index is 11.4. The summed E-state index contributed by atoms with van der Waals surface area (Å²) >= 11 is 0. The molecule has 8 nitrogen and oxygen atoms in total. The number of carbonyl (C=O) groups is 1. The molecule has 2 heterocycles. The lowest BCUT2D eigenvalue weighted by Gasteiger charge is -2.15. The highest BCUT2D eigenvalue weighted by Gasteiger charge is 2.15. The molecule has 0 bridgehead atoms. The number of aromatic carboxylic acids is 1. The lowest BCUT2D eigenvalue weighted by molar-refractivity contribution is 0.0695. The summed E-state index contributed by atoms with van der Waals surface area (Å²) in [6.07, 6.45) is 0.574. The number of hydrogen-bond acceptors (Lipinski definition) is 6. The number of carboxylic acid groups (broad SMARTS) is 1. The van der Waals surface area contributed by atoms with Gasteiger partial charge in [0.15, 0.2) is 0 Å². The minimum Gasteiger partial charge on any atom is -0.506 e. The van der Waals surface area contributed by atoms with E-state index in [0.29, 0.717) is 16.6 Å². The molecule has 3 aromatic rings. The summed E-state index contributed by atoms with van der Waals surface area (Å²) in [7, 11) is 0. The number of aromatic hydroxyl groups is 1. The number of carboxylic acids is 1. The van der Waals surface area contributed by atoms with Gasteiger partial charge in [-0.05, 0) is 29.8 Å². The summed E-state index contributed by atoms with van der Waals surface area (Å²) in [5.74, 6) is -1.15. The largest absolute Gasteiger partial charge is 0.506 e. The van der Waals surface area contributed by atoms with Crippen molar-refractivity contribution < 1.29 is 20.1 Å². The molecule has 8 heteroatoms. The van der Waals surface area contributed by atoms with E-state index >= 15 is 0 Å². The van der Waals surface area contributed by atoms with Crippen LogP contribution in [0.5, 0.6) is 5.75 Å². The normalized spacial score (nSPS) is 12.2. The molecular formula is C18H17N3O5. The lowest BCUT2D eigenvalue weighted by atomic mass is 10.0. The standard InChI is InChI=1S/C18H17N3O5/c22-14-5-3-10(11-4-6-16(24)21-17(11)14)15(23)9-19-8-13-12(18(25)26)2-1-7-20-13/h1-7,15,19,22-23H,8-9H2,(H,21,24)(H,25,26)/t15-/m0/s1. The van der Waals surface area contributed by atoms with E-state index in [1.165, 1.54) is 30.5 Å². The number of aromatic amines is 1. The fraction of sp³-hybridized carbons (Fsp3) is 0.167. The van der Waals surface area contributed by atoms with E-state index < -0.39 is 12.1 Å². The van der Waals surface area contributed by atoms with Crippen molar-refractivity contribution in [3.63, 3.8) is 0 Å². The molecule has 5 N–H and O–H groups in total. The number of benzene rings is 1. The Morgan fingerprint density at radius 2 is 2.04 bits per heavy atom. The van der Waals surface area contributed by atoms with Crippen molar-refractivity contribution in [1.29, 1.82) is 0 Å². The van der Waals surface area contributed by atoms with Crippen LogP contribution in [0, 0.1) is 0 Å². The van der Waals surface area contributed by atoms with E-state index in [9.17, 15) is 19.8 Å². The van der Waals surface area contributed by atoms with E-state index in [4.69, 9.17) is 5.11 Å². The molecule has 3 rings (SSSR count). The molecule has 1 atom stereocenters. The van der Waals surface area contributed by atoms with Gasteiger partial charge in [0.2, 0.25) is 5.56 Å². The van der Waals surface area contributed by atoms with Crippen molar-refractivity contribution >= 4 is 16.9 Å². The summed E-state index contributed by atoms with van der Waals surface area (Å²) in [6, 6.07) is 8.84. The first-order valence-electron chi connectivity index (χ1n) is 7.88. The highest BCUT2D eigenvalue weighted by atomic mass is 16.4. The predicted molar refractivity (Wildman–Crippen MR) is 94.1 cm³/mol. The first-order chi connectivity index (χ1) is 12.5. The maximum Gasteiger partial charge on any atom is 0.337 e. The molecule has 26 heavy (non-hydrogen) atoms. The van der Waals surface area contributed by atoms with Crippen LogP contribution in [-0.4, -0.2) is 37.8 Å².